The maximum Gasteiger partial charge on any atom is 0.175 e. The van der Waals surface area contributed by atoms with E-state index in [0.717, 1.165) is 4.88 Å². The minimum atomic E-state index is 0.103. The Balaban J connectivity index is 0.000000531. The third kappa shape index (κ3) is 2.67. The first kappa shape index (κ1) is 12.4. The lowest BCUT2D eigenvalue weighted by Crippen LogP contribution is -2.04. The lowest BCUT2D eigenvalue weighted by atomic mass is 10.1. The van der Waals surface area contributed by atoms with Crippen LogP contribution in [0.5, 0.6) is 0 Å². The van der Waals surface area contributed by atoms with Crippen LogP contribution in [0.4, 0.5) is 0 Å². The Kier molecular flexibility index (Phi) is 4.48. The molecule has 2 heterocycles. The zero-order valence-electron chi connectivity index (χ0n) is 9.53. The molecule has 2 aromatic rings. The highest BCUT2D eigenvalue weighted by Crippen LogP contribution is 2.29. The van der Waals surface area contributed by atoms with Gasteiger partial charge in [0.05, 0.1) is 4.88 Å². The standard InChI is InChI=1S/C10H10OS2.C2H6/c1-6(2)10(11)8-3-7-4-12-5-9(7)13-8;1-2/h3-6H,1-2H3;1-2H3. The Hall–Kier alpha value is -0.670. The maximum absolute atomic E-state index is 11.6. The van der Waals surface area contributed by atoms with Crippen LogP contribution in [0.15, 0.2) is 16.8 Å². The van der Waals surface area contributed by atoms with Crippen molar-refractivity contribution < 1.29 is 4.79 Å². The van der Waals surface area contributed by atoms with Gasteiger partial charge >= 0.3 is 0 Å². The second-order valence-electron chi connectivity index (χ2n) is 3.32. The first-order chi connectivity index (χ1) is 7.18. The minimum absolute atomic E-state index is 0.103. The van der Waals surface area contributed by atoms with Crippen LogP contribution in [-0.2, 0) is 0 Å². The van der Waals surface area contributed by atoms with Gasteiger partial charge in [0.15, 0.2) is 5.78 Å². The smallest absolute Gasteiger partial charge is 0.175 e. The van der Waals surface area contributed by atoms with E-state index < -0.39 is 0 Å². The number of Topliss-reactive ketones (excluding diaryl/α,β-unsaturated/α-hetero) is 1. The molecule has 0 bridgehead atoms. The summed E-state index contributed by atoms with van der Waals surface area (Å²) in [6, 6.07) is 2.00. The molecule has 0 unspecified atom stereocenters. The van der Waals surface area contributed by atoms with Gasteiger partial charge in [-0.3, -0.25) is 4.79 Å². The van der Waals surface area contributed by atoms with Crippen LogP contribution in [0.25, 0.3) is 10.1 Å². The van der Waals surface area contributed by atoms with Gasteiger partial charge in [-0.2, -0.15) is 11.3 Å². The van der Waals surface area contributed by atoms with E-state index in [1.54, 1.807) is 22.7 Å². The average molecular weight is 240 g/mol. The SMILES string of the molecule is CC.CC(C)C(=O)c1cc2cscc2s1. The third-order valence-electron chi connectivity index (χ3n) is 1.93. The Bertz CT molecular complexity index is 409. The quantitative estimate of drug-likeness (QED) is 0.687. The van der Waals surface area contributed by atoms with Gasteiger partial charge in [-0.25, -0.2) is 0 Å². The van der Waals surface area contributed by atoms with Crippen molar-refractivity contribution in [3.05, 3.63) is 21.7 Å². The number of carbonyl (C=O) groups is 1. The van der Waals surface area contributed by atoms with E-state index in [9.17, 15) is 4.79 Å². The second-order valence-corrected chi connectivity index (χ2v) is 5.15. The summed E-state index contributed by atoms with van der Waals surface area (Å²) >= 11 is 3.29. The van der Waals surface area contributed by atoms with E-state index in [1.807, 2.05) is 33.8 Å². The molecule has 0 aliphatic carbocycles. The fraction of sp³-hybridized carbons (Fsp3) is 0.417. The molecule has 0 aliphatic heterocycles. The number of carbonyl (C=O) groups excluding carboxylic acids is 1. The summed E-state index contributed by atoms with van der Waals surface area (Å²) in [4.78, 5) is 12.5. The van der Waals surface area contributed by atoms with Crippen molar-refractivity contribution in [1.82, 2.24) is 0 Å². The summed E-state index contributed by atoms with van der Waals surface area (Å²) in [5, 5.41) is 5.39. The van der Waals surface area contributed by atoms with Crippen LogP contribution in [0.1, 0.15) is 37.4 Å². The predicted octanol–water partition coefficient (Wildman–Crippen LogP) is 4.83. The van der Waals surface area contributed by atoms with Crippen molar-refractivity contribution in [2.45, 2.75) is 27.7 Å². The van der Waals surface area contributed by atoms with Crippen molar-refractivity contribution in [3.63, 3.8) is 0 Å². The molecule has 2 aromatic heterocycles. The summed E-state index contributed by atoms with van der Waals surface area (Å²) in [5.41, 5.74) is 0. The number of hydrogen-bond donors (Lipinski definition) is 0. The molecule has 0 atom stereocenters. The van der Waals surface area contributed by atoms with Crippen molar-refractivity contribution >= 4 is 38.5 Å². The highest BCUT2D eigenvalue weighted by molar-refractivity contribution is 7.24. The predicted molar refractivity (Wildman–Crippen MR) is 70.2 cm³/mol. The molecule has 0 saturated carbocycles. The number of rotatable bonds is 2. The van der Waals surface area contributed by atoms with E-state index >= 15 is 0 Å². The number of ketones is 1. The topological polar surface area (TPSA) is 17.1 Å². The molecule has 15 heavy (non-hydrogen) atoms. The minimum Gasteiger partial charge on any atom is -0.293 e. The largest absolute Gasteiger partial charge is 0.293 e. The highest BCUT2D eigenvalue weighted by atomic mass is 32.1. The first-order valence-corrected chi connectivity index (χ1v) is 6.94. The fourth-order valence-corrected chi connectivity index (χ4v) is 3.28. The zero-order chi connectivity index (χ0) is 11.4. The van der Waals surface area contributed by atoms with Gasteiger partial charge < -0.3 is 0 Å². The van der Waals surface area contributed by atoms with Crippen molar-refractivity contribution in [2.24, 2.45) is 5.92 Å². The van der Waals surface area contributed by atoms with Gasteiger partial charge in [0.1, 0.15) is 0 Å². The average Bonchev–Trinajstić information content (AvgIpc) is 2.78. The number of fused-ring (bicyclic) bond motifs is 1. The van der Waals surface area contributed by atoms with Gasteiger partial charge in [0, 0.05) is 21.4 Å². The molecule has 1 nitrogen and oxygen atoms in total. The molecule has 0 amide bonds. The molecular formula is C12H16OS2. The van der Waals surface area contributed by atoms with Crippen LogP contribution in [-0.4, -0.2) is 5.78 Å². The number of thiophene rings is 2. The molecule has 0 spiro atoms. The summed E-state index contributed by atoms with van der Waals surface area (Å²) in [5.74, 6) is 0.359. The van der Waals surface area contributed by atoms with Crippen molar-refractivity contribution in [2.75, 3.05) is 0 Å². The van der Waals surface area contributed by atoms with Crippen LogP contribution in [0, 0.1) is 5.92 Å². The number of hydrogen-bond acceptors (Lipinski definition) is 3. The van der Waals surface area contributed by atoms with Crippen LogP contribution < -0.4 is 0 Å². The molecule has 0 fully saturated rings. The zero-order valence-corrected chi connectivity index (χ0v) is 11.2. The van der Waals surface area contributed by atoms with E-state index in [1.165, 1.54) is 10.1 Å². The summed E-state index contributed by atoms with van der Waals surface area (Å²) < 4.78 is 1.23. The van der Waals surface area contributed by atoms with Crippen LogP contribution in [0.2, 0.25) is 0 Å². The van der Waals surface area contributed by atoms with Gasteiger partial charge in [-0.05, 0) is 11.4 Å². The van der Waals surface area contributed by atoms with Crippen molar-refractivity contribution in [3.8, 4) is 0 Å². The monoisotopic (exact) mass is 240 g/mol. The summed E-state index contributed by atoms with van der Waals surface area (Å²) in [6.07, 6.45) is 0. The molecule has 2 rings (SSSR count). The van der Waals surface area contributed by atoms with Crippen LogP contribution in [0.3, 0.4) is 0 Å². The molecule has 0 saturated heterocycles. The maximum atomic E-state index is 11.6. The summed E-state index contributed by atoms with van der Waals surface area (Å²) in [7, 11) is 0. The van der Waals surface area contributed by atoms with E-state index in [-0.39, 0.29) is 11.7 Å². The lowest BCUT2D eigenvalue weighted by Gasteiger charge is -1.98. The molecule has 0 aromatic carbocycles. The van der Waals surface area contributed by atoms with Crippen molar-refractivity contribution in [1.29, 1.82) is 0 Å². The Labute approximate surface area is 98.8 Å². The van der Waals surface area contributed by atoms with Gasteiger partial charge in [0.25, 0.3) is 0 Å². The molecule has 0 aliphatic rings. The van der Waals surface area contributed by atoms with Gasteiger partial charge in [-0.1, -0.05) is 27.7 Å². The normalized spacial score (nSPS) is 10.2. The fourth-order valence-electron chi connectivity index (χ4n) is 1.18. The second kappa shape index (κ2) is 5.42. The highest BCUT2D eigenvalue weighted by Gasteiger charge is 2.13. The van der Waals surface area contributed by atoms with E-state index in [2.05, 4.69) is 10.8 Å². The van der Waals surface area contributed by atoms with Gasteiger partial charge in [0.2, 0.25) is 0 Å². The van der Waals surface area contributed by atoms with Crippen LogP contribution >= 0.6 is 22.7 Å². The molecular weight excluding hydrogens is 224 g/mol. The third-order valence-corrected chi connectivity index (χ3v) is 3.95. The Morgan fingerprint density at radius 1 is 1.27 bits per heavy atom. The van der Waals surface area contributed by atoms with E-state index in [0.29, 0.717) is 0 Å². The molecule has 0 radical (unpaired) electrons. The van der Waals surface area contributed by atoms with Gasteiger partial charge in [-0.15, -0.1) is 11.3 Å². The van der Waals surface area contributed by atoms with E-state index in [4.69, 9.17) is 0 Å². The molecule has 0 N–H and O–H groups in total. The lowest BCUT2D eigenvalue weighted by molar-refractivity contribution is 0.0943. The summed E-state index contributed by atoms with van der Waals surface area (Å²) in [6.45, 7) is 7.88. The molecule has 3 heteroatoms. The molecule has 82 valence electrons. The first-order valence-electron chi connectivity index (χ1n) is 5.18. The Morgan fingerprint density at radius 2 is 1.93 bits per heavy atom. The Morgan fingerprint density at radius 3 is 2.47 bits per heavy atom.